The second kappa shape index (κ2) is 7.91. The predicted octanol–water partition coefficient (Wildman–Crippen LogP) is 4.98. The molecule has 4 heteroatoms. The summed E-state index contributed by atoms with van der Waals surface area (Å²) < 4.78 is 14.2. The molecule has 1 aromatic heterocycles. The Bertz CT molecular complexity index is 524. The third kappa shape index (κ3) is 4.69. The first-order valence-corrected chi connectivity index (χ1v) is 8.50. The second-order valence-corrected chi connectivity index (χ2v) is 7.41. The first-order valence-electron chi connectivity index (χ1n) is 6.89. The molecule has 20 heavy (non-hydrogen) atoms. The van der Waals surface area contributed by atoms with E-state index in [1.165, 1.54) is 10.4 Å². The van der Waals surface area contributed by atoms with Gasteiger partial charge in [-0.3, -0.25) is 0 Å². The zero-order valence-electron chi connectivity index (χ0n) is 11.5. The molecule has 0 saturated heterocycles. The highest BCUT2D eigenvalue weighted by atomic mass is 79.9. The molecule has 1 N–H and O–H groups in total. The molecule has 2 rings (SSSR count). The lowest BCUT2D eigenvalue weighted by molar-refractivity contribution is 0.576. The Morgan fingerprint density at radius 2 is 1.95 bits per heavy atom. The van der Waals surface area contributed by atoms with E-state index in [0.717, 1.165) is 29.7 Å². The summed E-state index contributed by atoms with van der Waals surface area (Å²) in [5.74, 6) is 0.209. The fourth-order valence-electron chi connectivity index (χ4n) is 2.20. The van der Waals surface area contributed by atoms with Crippen LogP contribution in [0, 0.1) is 5.82 Å². The molecule has 0 aliphatic rings. The molecule has 108 valence electrons. The van der Waals surface area contributed by atoms with Crippen molar-refractivity contribution >= 4 is 27.3 Å². The molecule has 0 spiro atoms. The topological polar surface area (TPSA) is 12.0 Å². The molecule has 0 saturated carbocycles. The summed E-state index contributed by atoms with van der Waals surface area (Å²) in [6, 6.07) is 11.1. The Labute approximate surface area is 132 Å². The van der Waals surface area contributed by atoms with Gasteiger partial charge in [-0.05, 0) is 65.1 Å². The van der Waals surface area contributed by atoms with Crippen LogP contribution in [-0.2, 0) is 6.42 Å². The SMILES string of the molecule is CCCNCC(Cc1ccc(Br)s1)c1ccc(F)cc1. The van der Waals surface area contributed by atoms with E-state index in [9.17, 15) is 4.39 Å². The maximum absolute atomic E-state index is 13.1. The van der Waals surface area contributed by atoms with Crippen LogP contribution in [0.25, 0.3) is 0 Å². The third-order valence-corrected chi connectivity index (χ3v) is 4.88. The summed E-state index contributed by atoms with van der Waals surface area (Å²) in [5.41, 5.74) is 1.19. The highest BCUT2D eigenvalue weighted by Gasteiger charge is 2.13. The molecule has 0 aliphatic carbocycles. The van der Waals surface area contributed by atoms with Gasteiger partial charge >= 0.3 is 0 Å². The number of hydrogen-bond donors (Lipinski definition) is 1. The van der Waals surface area contributed by atoms with Gasteiger partial charge in [0.2, 0.25) is 0 Å². The van der Waals surface area contributed by atoms with E-state index in [1.807, 2.05) is 12.1 Å². The van der Waals surface area contributed by atoms with E-state index in [0.29, 0.717) is 5.92 Å². The quantitative estimate of drug-likeness (QED) is 0.691. The van der Waals surface area contributed by atoms with Gasteiger partial charge in [0.1, 0.15) is 5.82 Å². The number of thiophene rings is 1. The lowest BCUT2D eigenvalue weighted by atomic mass is 9.95. The highest BCUT2D eigenvalue weighted by Crippen LogP contribution is 2.28. The normalized spacial score (nSPS) is 12.6. The first kappa shape index (κ1) is 15.7. The Morgan fingerprint density at radius 3 is 2.55 bits per heavy atom. The van der Waals surface area contributed by atoms with Crippen LogP contribution < -0.4 is 5.32 Å². The van der Waals surface area contributed by atoms with Gasteiger partial charge in [-0.25, -0.2) is 4.39 Å². The molecule has 1 atom stereocenters. The second-order valence-electron chi connectivity index (χ2n) is 4.86. The molecule has 0 amide bonds. The summed E-state index contributed by atoms with van der Waals surface area (Å²) in [5, 5.41) is 3.47. The predicted molar refractivity (Wildman–Crippen MR) is 88.0 cm³/mol. The molecule has 2 aromatic rings. The van der Waals surface area contributed by atoms with Gasteiger partial charge in [0.05, 0.1) is 3.79 Å². The molecule has 1 aromatic carbocycles. The van der Waals surface area contributed by atoms with Crippen molar-refractivity contribution in [3.63, 3.8) is 0 Å². The van der Waals surface area contributed by atoms with E-state index >= 15 is 0 Å². The van der Waals surface area contributed by atoms with Gasteiger partial charge in [0, 0.05) is 17.3 Å². The zero-order chi connectivity index (χ0) is 14.4. The molecule has 1 unspecified atom stereocenters. The van der Waals surface area contributed by atoms with Crippen molar-refractivity contribution in [1.29, 1.82) is 0 Å². The summed E-state index contributed by atoms with van der Waals surface area (Å²) in [6.45, 7) is 4.11. The lowest BCUT2D eigenvalue weighted by Crippen LogP contribution is -2.23. The minimum absolute atomic E-state index is 0.173. The highest BCUT2D eigenvalue weighted by molar-refractivity contribution is 9.11. The van der Waals surface area contributed by atoms with Crippen LogP contribution in [-0.4, -0.2) is 13.1 Å². The van der Waals surface area contributed by atoms with E-state index in [4.69, 9.17) is 0 Å². The van der Waals surface area contributed by atoms with Gasteiger partial charge in [-0.15, -0.1) is 11.3 Å². The fourth-order valence-corrected chi connectivity index (χ4v) is 3.76. The van der Waals surface area contributed by atoms with Crippen LogP contribution in [0.1, 0.15) is 29.7 Å². The van der Waals surface area contributed by atoms with E-state index < -0.39 is 0 Å². The zero-order valence-corrected chi connectivity index (χ0v) is 13.9. The van der Waals surface area contributed by atoms with Gasteiger partial charge in [0.25, 0.3) is 0 Å². The Hall–Kier alpha value is -0.710. The minimum Gasteiger partial charge on any atom is -0.316 e. The van der Waals surface area contributed by atoms with Crippen LogP contribution in [0.4, 0.5) is 4.39 Å². The number of halogens is 2. The van der Waals surface area contributed by atoms with E-state index in [1.54, 1.807) is 23.5 Å². The fraction of sp³-hybridized carbons (Fsp3) is 0.375. The van der Waals surface area contributed by atoms with Gasteiger partial charge in [-0.1, -0.05) is 19.1 Å². The van der Waals surface area contributed by atoms with Crippen molar-refractivity contribution in [1.82, 2.24) is 5.32 Å². The van der Waals surface area contributed by atoms with Crippen molar-refractivity contribution in [2.45, 2.75) is 25.7 Å². The monoisotopic (exact) mass is 355 g/mol. The van der Waals surface area contributed by atoms with Crippen LogP contribution in [0.5, 0.6) is 0 Å². The Kier molecular flexibility index (Phi) is 6.20. The largest absolute Gasteiger partial charge is 0.316 e. The Balaban J connectivity index is 2.09. The molecule has 0 fully saturated rings. The summed E-state index contributed by atoms with van der Waals surface area (Å²) >= 11 is 5.27. The maximum Gasteiger partial charge on any atom is 0.123 e. The molecule has 1 nitrogen and oxygen atoms in total. The van der Waals surface area contributed by atoms with Crippen molar-refractivity contribution in [2.24, 2.45) is 0 Å². The average Bonchev–Trinajstić information content (AvgIpc) is 2.84. The average molecular weight is 356 g/mol. The standard InChI is InChI=1S/C16H19BrFNS/c1-2-9-19-11-13(10-15-7-8-16(17)20-15)12-3-5-14(18)6-4-12/h3-8,13,19H,2,9-11H2,1H3. The summed E-state index contributed by atoms with van der Waals surface area (Å²) in [6.07, 6.45) is 2.11. The summed E-state index contributed by atoms with van der Waals surface area (Å²) in [7, 11) is 0. The number of benzene rings is 1. The van der Waals surface area contributed by atoms with Gasteiger partial charge in [0.15, 0.2) is 0 Å². The number of nitrogens with one attached hydrogen (secondary N) is 1. The van der Waals surface area contributed by atoms with E-state index in [2.05, 4.69) is 40.3 Å². The molecule has 0 radical (unpaired) electrons. The first-order chi connectivity index (χ1) is 9.69. The van der Waals surface area contributed by atoms with Crippen molar-refractivity contribution in [3.05, 3.63) is 56.4 Å². The molecular formula is C16H19BrFNS. The smallest absolute Gasteiger partial charge is 0.123 e. The van der Waals surface area contributed by atoms with E-state index in [-0.39, 0.29) is 5.82 Å². The number of rotatable bonds is 7. The maximum atomic E-state index is 13.1. The Morgan fingerprint density at radius 1 is 1.20 bits per heavy atom. The number of hydrogen-bond acceptors (Lipinski definition) is 2. The molecule has 1 heterocycles. The minimum atomic E-state index is -0.173. The summed E-state index contributed by atoms with van der Waals surface area (Å²) in [4.78, 5) is 1.35. The molecular weight excluding hydrogens is 337 g/mol. The van der Waals surface area contributed by atoms with Crippen molar-refractivity contribution < 1.29 is 4.39 Å². The van der Waals surface area contributed by atoms with Crippen LogP contribution in [0.2, 0.25) is 0 Å². The third-order valence-electron chi connectivity index (χ3n) is 3.24. The van der Waals surface area contributed by atoms with Crippen LogP contribution >= 0.6 is 27.3 Å². The molecule has 0 aliphatic heterocycles. The van der Waals surface area contributed by atoms with Gasteiger partial charge < -0.3 is 5.32 Å². The van der Waals surface area contributed by atoms with Crippen molar-refractivity contribution in [2.75, 3.05) is 13.1 Å². The van der Waals surface area contributed by atoms with Gasteiger partial charge in [-0.2, -0.15) is 0 Å². The molecule has 0 bridgehead atoms. The van der Waals surface area contributed by atoms with Crippen LogP contribution in [0.15, 0.2) is 40.2 Å². The lowest BCUT2D eigenvalue weighted by Gasteiger charge is -2.17. The van der Waals surface area contributed by atoms with Crippen molar-refractivity contribution in [3.8, 4) is 0 Å². The van der Waals surface area contributed by atoms with Crippen LogP contribution in [0.3, 0.4) is 0 Å².